The molecule has 3 N–H and O–H groups in total. The second-order valence-electron chi connectivity index (χ2n) is 5.64. The Hall–Kier alpha value is -2.95. The number of rotatable bonds is 5. The average molecular weight is 452 g/mol. The summed E-state index contributed by atoms with van der Waals surface area (Å²) >= 11 is 3.34. The van der Waals surface area contributed by atoms with Crippen molar-refractivity contribution in [3.05, 3.63) is 39.1 Å². The van der Waals surface area contributed by atoms with Crippen LogP contribution in [0.1, 0.15) is 19.5 Å². The Morgan fingerprint density at radius 2 is 2.00 bits per heavy atom. The summed E-state index contributed by atoms with van der Waals surface area (Å²) in [5, 5.41) is 0. The molecular formula is C17H22BrN7O3. The van der Waals surface area contributed by atoms with Crippen LogP contribution < -0.4 is 16.2 Å². The Kier molecular flexibility index (Phi) is 7.10. The van der Waals surface area contributed by atoms with Gasteiger partial charge in [-0.2, -0.15) is 4.98 Å². The number of ether oxygens (including phenoxy) is 1. The van der Waals surface area contributed by atoms with E-state index in [9.17, 15) is 9.59 Å². The number of carbonyl (C=O) groups is 1. The number of fused-ring (bicyclic) bond motifs is 1. The minimum Gasteiger partial charge on any atom is -0.468 e. The van der Waals surface area contributed by atoms with Gasteiger partial charge in [0.2, 0.25) is 5.88 Å². The Labute approximate surface area is 169 Å². The summed E-state index contributed by atoms with van der Waals surface area (Å²) in [6, 6.07) is 5.21. The fourth-order valence-electron chi connectivity index (χ4n) is 2.20. The SMILES string of the molecule is CC.CN(C)C(=O)COc1cccc(Cn2c(Br)nc3c(N)[nH]c(=O)nc32)n1. The normalized spacial score (nSPS) is 10.3. The van der Waals surface area contributed by atoms with E-state index in [1.165, 1.54) is 4.90 Å². The number of nitrogen functional groups attached to an aromatic ring is 1. The van der Waals surface area contributed by atoms with Crippen LogP contribution in [0.3, 0.4) is 0 Å². The maximum atomic E-state index is 11.6. The molecule has 0 bridgehead atoms. The molecule has 10 nitrogen and oxygen atoms in total. The number of hydrogen-bond acceptors (Lipinski definition) is 7. The number of nitrogens with two attached hydrogens (primary N) is 1. The Balaban J connectivity index is 0.00000136. The van der Waals surface area contributed by atoms with Gasteiger partial charge in [0.15, 0.2) is 17.0 Å². The number of nitrogens with one attached hydrogen (secondary N) is 1. The van der Waals surface area contributed by atoms with Gasteiger partial charge < -0.3 is 15.4 Å². The Bertz CT molecular complexity index is 1030. The van der Waals surface area contributed by atoms with Crippen molar-refractivity contribution >= 4 is 38.8 Å². The molecule has 3 aromatic rings. The summed E-state index contributed by atoms with van der Waals surface area (Å²) in [4.78, 5) is 39.6. The molecule has 0 aliphatic carbocycles. The molecule has 0 saturated carbocycles. The maximum Gasteiger partial charge on any atom is 0.348 e. The summed E-state index contributed by atoms with van der Waals surface area (Å²) in [6.45, 7) is 4.18. The lowest BCUT2D eigenvalue weighted by Crippen LogP contribution is -2.27. The van der Waals surface area contributed by atoms with Crippen LogP contribution in [-0.4, -0.2) is 56.0 Å². The van der Waals surface area contributed by atoms with E-state index >= 15 is 0 Å². The average Bonchev–Trinajstić information content (AvgIpc) is 2.98. The van der Waals surface area contributed by atoms with Gasteiger partial charge >= 0.3 is 5.69 Å². The number of pyridine rings is 1. The maximum absolute atomic E-state index is 11.6. The number of H-pyrrole nitrogens is 1. The molecule has 3 rings (SSSR count). The molecule has 0 fully saturated rings. The van der Waals surface area contributed by atoms with Crippen LogP contribution in [0, 0.1) is 0 Å². The van der Waals surface area contributed by atoms with Gasteiger partial charge in [0.25, 0.3) is 5.91 Å². The van der Waals surface area contributed by atoms with E-state index in [-0.39, 0.29) is 24.9 Å². The number of aromatic amines is 1. The van der Waals surface area contributed by atoms with Crippen molar-refractivity contribution in [2.45, 2.75) is 20.4 Å². The third kappa shape index (κ3) is 4.85. The summed E-state index contributed by atoms with van der Waals surface area (Å²) in [5.74, 6) is 0.301. The van der Waals surface area contributed by atoms with Crippen LogP contribution in [-0.2, 0) is 11.3 Å². The van der Waals surface area contributed by atoms with Gasteiger partial charge in [-0.1, -0.05) is 19.9 Å². The highest BCUT2D eigenvalue weighted by Gasteiger charge is 2.15. The number of carbonyl (C=O) groups excluding carboxylic acids is 1. The van der Waals surface area contributed by atoms with Gasteiger partial charge in [0.05, 0.1) is 12.2 Å². The van der Waals surface area contributed by atoms with E-state index in [0.717, 1.165) is 0 Å². The molecule has 0 aromatic carbocycles. The first-order chi connectivity index (χ1) is 13.3. The zero-order valence-corrected chi connectivity index (χ0v) is 17.6. The monoisotopic (exact) mass is 451 g/mol. The molecule has 0 atom stereocenters. The third-order valence-corrected chi connectivity index (χ3v) is 4.15. The number of anilines is 1. The zero-order chi connectivity index (χ0) is 20.8. The van der Waals surface area contributed by atoms with E-state index in [0.29, 0.717) is 27.5 Å². The van der Waals surface area contributed by atoms with Crippen LogP contribution in [0.25, 0.3) is 11.2 Å². The van der Waals surface area contributed by atoms with Crippen LogP contribution >= 0.6 is 15.9 Å². The van der Waals surface area contributed by atoms with E-state index in [2.05, 4.69) is 35.9 Å². The quantitative estimate of drug-likeness (QED) is 0.560. The minimum absolute atomic E-state index is 0.103. The summed E-state index contributed by atoms with van der Waals surface area (Å²) in [5.41, 5.74) is 6.60. The van der Waals surface area contributed by atoms with Gasteiger partial charge in [-0.15, -0.1) is 0 Å². The minimum atomic E-state index is -0.559. The second kappa shape index (κ2) is 9.31. The molecule has 3 aromatic heterocycles. The first kappa shape index (κ1) is 21.4. The van der Waals surface area contributed by atoms with Crippen LogP contribution in [0.2, 0.25) is 0 Å². The molecule has 28 heavy (non-hydrogen) atoms. The molecule has 0 aliphatic heterocycles. The predicted molar refractivity (Wildman–Crippen MR) is 109 cm³/mol. The highest BCUT2D eigenvalue weighted by molar-refractivity contribution is 9.10. The number of imidazole rings is 1. The molecule has 0 spiro atoms. The smallest absolute Gasteiger partial charge is 0.348 e. The molecule has 0 radical (unpaired) electrons. The standard InChI is InChI=1S/C15H16BrN7O3.C2H6/c1-22(2)10(24)7-26-9-5-3-4-8(18-9)6-23-13-11(19-14(23)16)12(17)20-15(25)21-13;1-2/h3-5H,6-7H2,1-2H3,(H3,17,20,21,25);1-2H3. The molecule has 11 heteroatoms. The van der Waals surface area contributed by atoms with Crippen molar-refractivity contribution in [1.29, 1.82) is 0 Å². The van der Waals surface area contributed by atoms with Crippen molar-refractivity contribution in [2.24, 2.45) is 0 Å². The fraction of sp³-hybridized carbons (Fsp3) is 0.353. The Morgan fingerprint density at radius 1 is 1.29 bits per heavy atom. The fourth-order valence-corrected chi connectivity index (χ4v) is 2.67. The van der Waals surface area contributed by atoms with E-state index < -0.39 is 5.69 Å². The predicted octanol–water partition coefficient (Wildman–Crippen LogP) is 1.40. The van der Waals surface area contributed by atoms with E-state index in [4.69, 9.17) is 10.5 Å². The van der Waals surface area contributed by atoms with Gasteiger partial charge in [-0.25, -0.2) is 14.8 Å². The molecular weight excluding hydrogens is 430 g/mol. The van der Waals surface area contributed by atoms with Crippen LogP contribution in [0.15, 0.2) is 27.7 Å². The second-order valence-corrected chi connectivity index (χ2v) is 6.35. The lowest BCUT2D eigenvalue weighted by Gasteiger charge is -2.11. The molecule has 0 unspecified atom stereocenters. The first-order valence-corrected chi connectivity index (χ1v) is 9.35. The summed E-state index contributed by atoms with van der Waals surface area (Å²) in [7, 11) is 3.30. The lowest BCUT2D eigenvalue weighted by molar-refractivity contribution is -0.130. The molecule has 0 saturated heterocycles. The molecule has 0 aliphatic rings. The number of hydrogen-bond donors (Lipinski definition) is 2. The zero-order valence-electron chi connectivity index (χ0n) is 16.1. The topological polar surface area (TPSA) is 132 Å². The summed E-state index contributed by atoms with van der Waals surface area (Å²) in [6.07, 6.45) is 0. The highest BCUT2D eigenvalue weighted by Crippen LogP contribution is 2.22. The molecule has 150 valence electrons. The van der Waals surface area contributed by atoms with Crippen molar-refractivity contribution in [1.82, 2.24) is 29.4 Å². The highest BCUT2D eigenvalue weighted by atomic mass is 79.9. The van der Waals surface area contributed by atoms with Gasteiger partial charge in [-0.05, 0) is 22.0 Å². The summed E-state index contributed by atoms with van der Waals surface area (Å²) < 4.78 is 7.54. The van der Waals surface area contributed by atoms with Gasteiger partial charge in [0.1, 0.15) is 11.3 Å². The van der Waals surface area contributed by atoms with Crippen molar-refractivity contribution in [3.63, 3.8) is 0 Å². The van der Waals surface area contributed by atoms with Crippen molar-refractivity contribution in [3.8, 4) is 5.88 Å². The van der Waals surface area contributed by atoms with E-state index in [1.807, 2.05) is 13.8 Å². The van der Waals surface area contributed by atoms with Crippen LogP contribution in [0.5, 0.6) is 5.88 Å². The number of amides is 1. The first-order valence-electron chi connectivity index (χ1n) is 8.55. The van der Waals surface area contributed by atoms with Gasteiger partial charge in [-0.3, -0.25) is 14.3 Å². The largest absolute Gasteiger partial charge is 0.468 e. The number of halogens is 1. The van der Waals surface area contributed by atoms with Crippen molar-refractivity contribution in [2.75, 3.05) is 26.4 Å². The van der Waals surface area contributed by atoms with E-state index in [1.54, 1.807) is 36.9 Å². The van der Waals surface area contributed by atoms with Crippen LogP contribution in [0.4, 0.5) is 5.82 Å². The lowest BCUT2D eigenvalue weighted by atomic mass is 10.3. The molecule has 3 heterocycles. The number of aromatic nitrogens is 5. The molecule has 1 amide bonds. The number of likely N-dealkylation sites (N-methyl/N-ethyl adjacent to an activating group) is 1. The van der Waals surface area contributed by atoms with Crippen molar-refractivity contribution < 1.29 is 9.53 Å². The third-order valence-electron chi connectivity index (χ3n) is 3.54. The van der Waals surface area contributed by atoms with Gasteiger partial charge in [0, 0.05) is 20.2 Å². The number of nitrogens with zero attached hydrogens (tertiary/aromatic N) is 5. The Morgan fingerprint density at radius 3 is 2.68 bits per heavy atom.